The second kappa shape index (κ2) is 11.4. The summed E-state index contributed by atoms with van der Waals surface area (Å²) in [5.74, 6) is -0.100. The minimum atomic E-state index is -0.609. The number of hydrogen-bond donors (Lipinski definition) is 1. The lowest BCUT2D eigenvalue weighted by molar-refractivity contribution is -0.142. The lowest BCUT2D eigenvalue weighted by atomic mass is 10.1. The first-order valence-corrected chi connectivity index (χ1v) is 10.8. The van der Waals surface area contributed by atoms with Crippen LogP contribution >= 0.6 is 39.1 Å². The highest BCUT2D eigenvalue weighted by atomic mass is 79.9. The zero-order valence-electron chi connectivity index (χ0n) is 16.3. The number of rotatable bonds is 9. The van der Waals surface area contributed by atoms with Gasteiger partial charge in [0.2, 0.25) is 5.91 Å². The maximum Gasteiger partial charge on any atom is 0.261 e. The first kappa shape index (κ1) is 23.5. The van der Waals surface area contributed by atoms with E-state index < -0.39 is 6.04 Å². The summed E-state index contributed by atoms with van der Waals surface area (Å²) >= 11 is 15.4. The third-order valence-corrected chi connectivity index (χ3v) is 5.29. The normalized spacial score (nSPS) is 11.6. The Bertz CT molecular complexity index is 846. The van der Waals surface area contributed by atoms with Gasteiger partial charge in [0.1, 0.15) is 11.8 Å². The number of carbonyl (C=O) groups excluding carboxylic acids is 2. The van der Waals surface area contributed by atoms with Gasteiger partial charge in [-0.1, -0.05) is 58.2 Å². The second-order valence-electron chi connectivity index (χ2n) is 6.33. The van der Waals surface area contributed by atoms with Gasteiger partial charge in [0.25, 0.3) is 5.91 Å². The number of nitrogens with zero attached hydrogens (tertiary/aromatic N) is 1. The van der Waals surface area contributed by atoms with Crippen LogP contribution in [0.25, 0.3) is 0 Å². The van der Waals surface area contributed by atoms with Crippen molar-refractivity contribution in [1.29, 1.82) is 0 Å². The molecule has 0 bridgehead atoms. The lowest BCUT2D eigenvalue weighted by Gasteiger charge is -2.30. The first-order valence-electron chi connectivity index (χ1n) is 9.25. The van der Waals surface area contributed by atoms with E-state index >= 15 is 0 Å². The van der Waals surface area contributed by atoms with E-state index in [1.807, 2.05) is 26.0 Å². The van der Waals surface area contributed by atoms with Gasteiger partial charge >= 0.3 is 0 Å². The summed E-state index contributed by atoms with van der Waals surface area (Å²) in [4.78, 5) is 27.1. The topological polar surface area (TPSA) is 58.6 Å². The van der Waals surface area contributed by atoms with Crippen molar-refractivity contribution < 1.29 is 14.3 Å². The van der Waals surface area contributed by atoms with Crippen LogP contribution in [0.1, 0.15) is 25.8 Å². The molecule has 156 valence electrons. The molecule has 2 rings (SSSR count). The van der Waals surface area contributed by atoms with Crippen LogP contribution in [0.4, 0.5) is 0 Å². The lowest BCUT2D eigenvalue weighted by Crippen LogP contribution is -2.50. The van der Waals surface area contributed by atoms with Crippen LogP contribution in [-0.4, -0.2) is 35.9 Å². The molecule has 0 fully saturated rings. The van der Waals surface area contributed by atoms with Crippen molar-refractivity contribution in [2.24, 2.45) is 0 Å². The number of ether oxygens (including phenoxy) is 1. The predicted octanol–water partition coefficient (Wildman–Crippen LogP) is 5.08. The average molecular weight is 502 g/mol. The summed E-state index contributed by atoms with van der Waals surface area (Å²) in [5.41, 5.74) is 0.868. The van der Waals surface area contributed by atoms with Gasteiger partial charge in [-0.3, -0.25) is 9.59 Å². The highest BCUT2D eigenvalue weighted by molar-refractivity contribution is 9.10. The summed E-state index contributed by atoms with van der Waals surface area (Å²) in [6.07, 6.45) is 0.476. The molecule has 0 aliphatic heterocycles. The number of nitrogens with one attached hydrogen (secondary N) is 1. The monoisotopic (exact) mass is 500 g/mol. The Kier molecular flexibility index (Phi) is 9.27. The van der Waals surface area contributed by atoms with Gasteiger partial charge in [-0.15, -0.1) is 0 Å². The molecule has 0 radical (unpaired) electrons. The Morgan fingerprint density at radius 3 is 2.41 bits per heavy atom. The van der Waals surface area contributed by atoms with E-state index in [1.54, 1.807) is 30.3 Å². The van der Waals surface area contributed by atoms with Crippen LogP contribution < -0.4 is 10.1 Å². The van der Waals surface area contributed by atoms with Crippen molar-refractivity contribution >= 4 is 50.9 Å². The van der Waals surface area contributed by atoms with Crippen molar-refractivity contribution in [3.05, 3.63) is 62.5 Å². The number of likely N-dealkylation sites (N-methyl/N-ethyl adjacent to an activating group) is 1. The summed E-state index contributed by atoms with van der Waals surface area (Å²) in [6.45, 7) is 4.24. The van der Waals surface area contributed by atoms with Crippen LogP contribution in [0.5, 0.6) is 5.75 Å². The average Bonchev–Trinajstić information content (AvgIpc) is 2.68. The van der Waals surface area contributed by atoms with Crippen LogP contribution in [0, 0.1) is 0 Å². The van der Waals surface area contributed by atoms with E-state index in [4.69, 9.17) is 27.9 Å². The van der Waals surface area contributed by atoms with Gasteiger partial charge in [-0.2, -0.15) is 0 Å². The van der Waals surface area contributed by atoms with E-state index in [9.17, 15) is 9.59 Å². The molecule has 0 saturated carbocycles. The molecule has 1 atom stereocenters. The van der Waals surface area contributed by atoms with Crippen molar-refractivity contribution in [2.75, 3.05) is 13.2 Å². The molecule has 8 heteroatoms. The Hall–Kier alpha value is -1.76. The number of halogens is 3. The summed E-state index contributed by atoms with van der Waals surface area (Å²) in [5, 5.41) is 3.80. The molecule has 1 N–H and O–H groups in total. The Morgan fingerprint density at radius 1 is 1.14 bits per heavy atom. The van der Waals surface area contributed by atoms with Crippen LogP contribution in [0.3, 0.4) is 0 Å². The fourth-order valence-corrected chi connectivity index (χ4v) is 3.67. The van der Waals surface area contributed by atoms with Crippen molar-refractivity contribution in [2.45, 2.75) is 32.9 Å². The first-order chi connectivity index (χ1) is 13.8. The number of carbonyl (C=O) groups is 2. The predicted molar refractivity (Wildman–Crippen MR) is 119 cm³/mol. The van der Waals surface area contributed by atoms with E-state index in [0.29, 0.717) is 28.8 Å². The van der Waals surface area contributed by atoms with E-state index in [1.165, 1.54) is 4.90 Å². The maximum atomic E-state index is 13.0. The Morgan fingerprint density at radius 2 is 1.83 bits per heavy atom. The number of hydrogen-bond acceptors (Lipinski definition) is 3. The van der Waals surface area contributed by atoms with Crippen molar-refractivity contribution in [3.63, 3.8) is 0 Å². The van der Waals surface area contributed by atoms with Gasteiger partial charge in [-0.25, -0.2) is 0 Å². The molecular formula is C21H23BrCl2N2O3. The molecule has 0 aliphatic rings. The summed E-state index contributed by atoms with van der Waals surface area (Å²) in [6, 6.07) is 11.7. The standard InChI is InChI=1S/C21H23BrCl2N2O3/c1-3-18(21(28)25-4-2)26(12-14-5-8-16(23)9-6-14)20(27)13-29-19-10-7-15(22)11-17(19)24/h5-11,18H,3-4,12-13H2,1-2H3,(H,25,28)/t18-/m0/s1. The largest absolute Gasteiger partial charge is 0.482 e. The van der Waals surface area contributed by atoms with Crippen molar-refractivity contribution in [3.8, 4) is 5.75 Å². The van der Waals surface area contributed by atoms with E-state index in [-0.39, 0.29) is 25.0 Å². The summed E-state index contributed by atoms with van der Waals surface area (Å²) < 4.78 is 6.44. The SMILES string of the molecule is CCNC(=O)[C@H](CC)N(Cc1ccc(Cl)cc1)C(=O)COc1ccc(Br)cc1Cl. The molecule has 0 heterocycles. The maximum absolute atomic E-state index is 13.0. The second-order valence-corrected chi connectivity index (χ2v) is 8.09. The molecule has 0 unspecified atom stereocenters. The van der Waals surface area contributed by atoms with E-state index in [0.717, 1.165) is 10.0 Å². The third-order valence-electron chi connectivity index (χ3n) is 4.25. The molecule has 0 aromatic heterocycles. The smallest absolute Gasteiger partial charge is 0.261 e. The highest BCUT2D eigenvalue weighted by Gasteiger charge is 2.28. The molecule has 2 aromatic rings. The van der Waals surface area contributed by atoms with Gasteiger partial charge in [0.05, 0.1) is 5.02 Å². The third kappa shape index (κ3) is 6.91. The highest BCUT2D eigenvalue weighted by Crippen LogP contribution is 2.28. The molecule has 29 heavy (non-hydrogen) atoms. The minimum absolute atomic E-state index is 0.195. The molecule has 0 aliphatic carbocycles. The number of benzene rings is 2. The van der Waals surface area contributed by atoms with E-state index in [2.05, 4.69) is 21.2 Å². The minimum Gasteiger partial charge on any atom is -0.482 e. The fraction of sp³-hybridized carbons (Fsp3) is 0.333. The van der Waals surface area contributed by atoms with Crippen LogP contribution in [0.15, 0.2) is 46.9 Å². The van der Waals surface area contributed by atoms with Gasteiger partial charge in [0.15, 0.2) is 6.61 Å². The molecule has 0 spiro atoms. The Labute approximate surface area is 189 Å². The number of amides is 2. The van der Waals surface area contributed by atoms with Gasteiger partial charge in [0, 0.05) is 22.6 Å². The van der Waals surface area contributed by atoms with Gasteiger partial charge < -0.3 is 15.0 Å². The molecule has 2 amide bonds. The molecule has 0 saturated heterocycles. The Balaban J connectivity index is 2.20. The zero-order chi connectivity index (χ0) is 21.4. The van der Waals surface area contributed by atoms with Crippen molar-refractivity contribution in [1.82, 2.24) is 10.2 Å². The molecule has 5 nitrogen and oxygen atoms in total. The van der Waals surface area contributed by atoms with Crippen LogP contribution in [-0.2, 0) is 16.1 Å². The van der Waals surface area contributed by atoms with Gasteiger partial charge in [-0.05, 0) is 49.2 Å². The molecule has 2 aromatic carbocycles. The molecular weight excluding hydrogens is 479 g/mol. The summed E-state index contributed by atoms with van der Waals surface area (Å²) in [7, 11) is 0. The quantitative estimate of drug-likeness (QED) is 0.521. The fourth-order valence-electron chi connectivity index (χ4n) is 2.81. The zero-order valence-corrected chi connectivity index (χ0v) is 19.4. The van der Waals surface area contributed by atoms with Crippen LogP contribution in [0.2, 0.25) is 10.0 Å².